The molecule has 132 valence electrons. The number of aromatic amines is 1. The Labute approximate surface area is 140 Å². The number of H-pyrrole nitrogens is 1. The molecule has 7 heteroatoms. The van der Waals surface area contributed by atoms with Gasteiger partial charge in [-0.2, -0.15) is 5.10 Å². The van der Waals surface area contributed by atoms with Crippen molar-refractivity contribution in [3.63, 3.8) is 0 Å². The maximum Gasteiger partial charge on any atom is 0.208 e. The zero-order chi connectivity index (χ0) is 17.1. The lowest BCUT2D eigenvalue weighted by Crippen LogP contribution is -2.36. The highest BCUT2D eigenvalue weighted by atomic mass is 32.2. The fraction of sp³-hybridized carbons (Fsp3) is 0.812. The molecule has 2 N–H and O–H groups in total. The van der Waals surface area contributed by atoms with Gasteiger partial charge in [-0.15, -0.1) is 0 Å². The lowest BCUT2D eigenvalue weighted by molar-refractivity contribution is 0.161. The molecular formula is C16H30N4O2S. The molecule has 1 saturated heterocycles. The van der Waals surface area contributed by atoms with Crippen molar-refractivity contribution in [1.82, 2.24) is 19.8 Å². The van der Waals surface area contributed by atoms with Gasteiger partial charge in [0.25, 0.3) is 0 Å². The van der Waals surface area contributed by atoms with Crippen molar-refractivity contribution in [2.24, 2.45) is 5.92 Å². The Hall–Kier alpha value is -0.920. The molecule has 0 saturated carbocycles. The van der Waals surface area contributed by atoms with Crippen molar-refractivity contribution in [2.45, 2.75) is 52.0 Å². The third kappa shape index (κ3) is 6.24. The van der Waals surface area contributed by atoms with Crippen molar-refractivity contribution < 1.29 is 8.42 Å². The molecule has 1 aromatic heterocycles. The zero-order valence-corrected chi connectivity index (χ0v) is 15.5. The maximum absolute atomic E-state index is 11.1. The van der Waals surface area contributed by atoms with Gasteiger partial charge in [0.2, 0.25) is 10.0 Å². The minimum atomic E-state index is -3.08. The molecule has 6 nitrogen and oxygen atoms in total. The summed E-state index contributed by atoms with van der Waals surface area (Å²) in [6.07, 6.45) is 4.47. The SMILES string of the molecule is CC(C)(C)c1cc(CN2CCC[C@@H](CCNS(C)(=O)=O)C2)[nH]n1. The number of aromatic nitrogens is 2. The van der Waals surface area contributed by atoms with Gasteiger partial charge in [-0.1, -0.05) is 20.8 Å². The Morgan fingerprint density at radius 2 is 2.17 bits per heavy atom. The Morgan fingerprint density at radius 1 is 1.43 bits per heavy atom. The van der Waals surface area contributed by atoms with Gasteiger partial charge in [0.15, 0.2) is 0 Å². The van der Waals surface area contributed by atoms with Crippen LogP contribution in [0.15, 0.2) is 6.07 Å². The molecule has 0 aliphatic carbocycles. The van der Waals surface area contributed by atoms with Gasteiger partial charge in [0.05, 0.1) is 11.9 Å². The number of hydrogen-bond donors (Lipinski definition) is 2. The van der Waals surface area contributed by atoms with Crippen LogP contribution >= 0.6 is 0 Å². The molecular weight excluding hydrogens is 312 g/mol. The standard InChI is InChI=1S/C16H30N4O2S/c1-16(2,3)15-10-14(18-19-15)12-20-9-5-6-13(11-20)7-8-17-23(4,21)22/h10,13,17H,5-9,11-12H2,1-4H3,(H,18,19)/t13-/m0/s1. The topological polar surface area (TPSA) is 78.1 Å². The van der Waals surface area contributed by atoms with E-state index in [4.69, 9.17) is 0 Å². The lowest BCUT2D eigenvalue weighted by atomic mass is 9.92. The summed E-state index contributed by atoms with van der Waals surface area (Å²) in [5.74, 6) is 0.558. The van der Waals surface area contributed by atoms with Crippen LogP contribution in [0.1, 0.15) is 51.4 Å². The van der Waals surface area contributed by atoms with E-state index < -0.39 is 10.0 Å². The van der Waals surface area contributed by atoms with E-state index in [-0.39, 0.29) is 5.41 Å². The van der Waals surface area contributed by atoms with E-state index in [1.165, 1.54) is 19.1 Å². The van der Waals surface area contributed by atoms with Crippen LogP contribution in [0.2, 0.25) is 0 Å². The number of nitrogens with one attached hydrogen (secondary N) is 2. The average molecular weight is 343 g/mol. The zero-order valence-electron chi connectivity index (χ0n) is 14.7. The van der Waals surface area contributed by atoms with Crippen LogP contribution in [-0.2, 0) is 22.0 Å². The lowest BCUT2D eigenvalue weighted by Gasteiger charge is -2.32. The largest absolute Gasteiger partial charge is 0.297 e. The second-order valence-electron chi connectivity index (χ2n) is 7.73. The van der Waals surface area contributed by atoms with Crippen molar-refractivity contribution >= 4 is 10.0 Å². The van der Waals surface area contributed by atoms with E-state index in [1.54, 1.807) is 0 Å². The number of piperidine rings is 1. The van der Waals surface area contributed by atoms with Crippen LogP contribution in [0.5, 0.6) is 0 Å². The summed E-state index contributed by atoms with van der Waals surface area (Å²) in [5.41, 5.74) is 2.32. The van der Waals surface area contributed by atoms with E-state index in [1.807, 2.05) is 0 Å². The summed E-state index contributed by atoms with van der Waals surface area (Å²) < 4.78 is 24.8. The predicted octanol–water partition coefficient (Wildman–Crippen LogP) is 1.86. The monoisotopic (exact) mass is 342 g/mol. The van der Waals surface area contributed by atoms with Gasteiger partial charge in [0, 0.05) is 30.7 Å². The summed E-state index contributed by atoms with van der Waals surface area (Å²) in [4.78, 5) is 2.44. The van der Waals surface area contributed by atoms with Crippen LogP contribution < -0.4 is 4.72 Å². The highest BCUT2D eigenvalue weighted by molar-refractivity contribution is 7.88. The molecule has 1 aliphatic heterocycles. The van der Waals surface area contributed by atoms with Crippen LogP contribution in [0, 0.1) is 5.92 Å². The molecule has 0 radical (unpaired) electrons. The fourth-order valence-corrected chi connectivity index (χ4v) is 3.54. The van der Waals surface area contributed by atoms with Gasteiger partial charge in [-0.3, -0.25) is 10.00 Å². The van der Waals surface area contributed by atoms with E-state index >= 15 is 0 Å². The second kappa shape index (κ2) is 7.32. The molecule has 0 amide bonds. The Bertz CT molecular complexity index is 604. The molecule has 2 rings (SSSR count). The number of sulfonamides is 1. The van der Waals surface area contributed by atoms with Crippen molar-refractivity contribution in [3.8, 4) is 0 Å². The first kappa shape index (κ1) is 18.4. The molecule has 1 atom stereocenters. The first-order valence-corrected chi connectivity index (χ1v) is 10.2. The fourth-order valence-electron chi connectivity index (χ4n) is 3.05. The molecule has 23 heavy (non-hydrogen) atoms. The summed E-state index contributed by atoms with van der Waals surface area (Å²) >= 11 is 0. The van der Waals surface area contributed by atoms with Crippen molar-refractivity contribution in [1.29, 1.82) is 0 Å². The minimum Gasteiger partial charge on any atom is -0.297 e. The van der Waals surface area contributed by atoms with Gasteiger partial charge in [-0.25, -0.2) is 13.1 Å². The molecule has 0 spiro atoms. The van der Waals surface area contributed by atoms with Gasteiger partial charge in [-0.05, 0) is 37.8 Å². The van der Waals surface area contributed by atoms with E-state index in [9.17, 15) is 8.42 Å². The molecule has 1 aromatic rings. The predicted molar refractivity (Wildman–Crippen MR) is 92.8 cm³/mol. The third-order valence-electron chi connectivity index (χ3n) is 4.31. The first-order valence-electron chi connectivity index (χ1n) is 8.35. The van der Waals surface area contributed by atoms with Crippen molar-refractivity contribution in [3.05, 3.63) is 17.5 Å². The molecule has 0 aromatic carbocycles. The Kier molecular flexibility index (Phi) is 5.86. The van der Waals surface area contributed by atoms with Crippen molar-refractivity contribution in [2.75, 3.05) is 25.9 Å². The molecule has 1 fully saturated rings. The summed E-state index contributed by atoms with van der Waals surface area (Å²) in [7, 11) is -3.08. The van der Waals surface area contributed by atoms with Gasteiger partial charge < -0.3 is 0 Å². The average Bonchev–Trinajstić information content (AvgIpc) is 2.86. The quantitative estimate of drug-likeness (QED) is 0.827. The van der Waals surface area contributed by atoms with Crippen LogP contribution in [-0.4, -0.2) is 49.4 Å². The summed E-state index contributed by atoms with van der Waals surface area (Å²) in [5, 5.41) is 7.57. The first-order chi connectivity index (χ1) is 10.6. The van der Waals surface area contributed by atoms with E-state index in [2.05, 4.69) is 46.7 Å². The third-order valence-corrected chi connectivity index (χ3v) is 5.04. The number of hydrogen-bond acceptors (Lipinski definition) is 4. The minimum absolute atomic E-state index is 0.0660. The number of likely N-dealkylation sites (tertiary alicyclic amines) is 1. The molecule has 0 bridgehead atoms. The number of rotatable bonds is 6. The highest BCUT2D eigenvalue weighted by Gasteiger charge is 2.22. The van der Waals surface area contributed by atoms with Gasteiger partial charge >= 0.3 is 0 Å². The normalized spacial score (nSPS) is 20.8. The smallest absolute Gasteiger partial charge is 0.208 e. The maximum atomic E-state index is 11.1. The van der Waals surface area contributed by atoms with E-state index in [0.29, 0.717) is 12.5 Å². The molecule has 1 aliphatic rings. The second-order valence-corrected chi connectivity index (χ2v) is 9.56. The highest BCUT2D eigenvalue weighted by Crippen LogP contribution is 2.23. The van der Waals surface area contributed by atoms with Crippen LogP contribution in [0.4, 0.5) is 0 Å². The Morgan fingerprint density at radius 3 is 2.78 bits per heavy atom. The van der Waals surface area contributed by atoms with Crippen LogP contribution in [0.25, 0.3) is 0 Å². The van der Waals surface area contributed by atoms with Gasteiger partial charge in [0.1, 0.15) is 0 Å². The Balaban J connectivity index is 1.83. The molecule has 0 unspecified atom stereocenters. The summed E-state index contributed by atoms with van der Waals surface area (Å²) in [6.45, 7) is 10.0. The van der Waals surface area contributed by atoms with E-state index in [0.717, 1.165) is 37.4 Å². The van der Waals surface area contributed by atoms with Crippen LogP contribution in [0.3, 0.4) is 0 Å². The summed E-state index contributed by atoms with van der Waals surface area (Å²) in [6, 6.07) is 2.16. The number of nitrogens with zero attached hydrogens (tertiary/aromatic N) is 2. The molecule has 2 heterocycles.